The monoisotopic (exact) mass is 126 g/mol. The van der Waals surface area contributed by atoms with Crippen LogP contribution in [0, 0.1) is 5.41 Å². The molecule has 0 atom stereocenters. The van der Waals surface area contributed by atoms with Crippen molar-refractivity contribution in [2.75, 3.05) is 6.61 Å². The van der Waals surface area contributed by atoms with Crippen LogP contribution in [0.25, 0.3) is 0 Å². The third-order valence-corrected chi connectivity index (χ3v) is 1.38. The minimum Gasteiger partial charge on any atom is -0.465 e. The lowest BCUT2D eigenvalue weighted by molar-refractivity contribution is -0.147. The molecule has 2 heteroatoms. The van der Waals surface area contributed by atoms with Gasteiger partial charge in [-0.2, -0.15) is 0 Å². The fourth-order valence-electron chi connectivity index (χ4n) is 0.548. The number of hydrogen-bond acceptors (Lipinski definition) is 2. The van der Waals surface area contributed by atoms with Gasteiger partial charge in [-0.1, -0.05) is 12.2 Å². The highest BCUT2D eigenvalue weighted by Crippen LogP contribution is 2.34. The molecule has 9 heavy (non-hydrogen) atoms. The third kappa shape index (κ3) is 1.12. The molecule has 0 fully saturated rings. The summed E-state index contributed by atoms with van der Waals surface area (Å²) >= 11 is 0. The van der Waals surface area contributed by atoms with Gasteiger partial charge in [0.15, 0.2) is 0 Å². The van der Waals surface area contributed by atoms with Crippen LogP contribution in [0.5, 0.6) is 0 Å². The minimum absolute atomic E-state index is 0.134. The molecule has 1 aliphatic rings. The molecule has 0 aliphatic heterocycles. The van der Waals surface area contributed by atoms with Crippen LogP contribution in [-0.4, -0.2) is 12.6 Å². The summed E-state index contributed by atoms with van der Waals surface area (Å²) in [5, 5.41) is 0. The van der Waals surface area contributed by atoms with E-state index in [4.69, 9.17) is 4.74 Å². The lowest BCUT2D eigenvalue weighted by Gasteiger charge is -2.06. The van der Waals surface area contributed by atoms with Gasteiger partial charge in [-0.05, 0) is 13.8 Å². The van der Waals surface area contributed by atoms with Gasteiger partial charge in [0.1, 0.15) is 5.41 Å². The number of esters is 1. The summed E-state index contributed by atoms with van der Waals surface area (Å²) in [6.45, 7) is 4.12. The number of hydrogen-bond donors (Lipinski definition) is 0. The van der Waals surface area contributed by atoms with Gasteiger partial charge >= 0.3 is 5.97 Å². The molecule has 0 saturated carbocycles. The molecular weight excluding hydrogens is 116 g/mol. The maximum atomic E-state index is 10.8. The van der Waals surface area contributed by atoms with Crippen LogP contribution in [0.4, 0.5) is 0 Å². The van der Waals surface area contributed by atoms with E-state index in [1.165, 1.54) is 0 Å². The Morgan fingerprint density at radius 2 is 2.22 bits per heavy atom. The minimum atomic E-state index is -0.351. The van der Waals surface area contributed by atoms with E-state index in [9.17, 15) is 4.79 Å². The highest BCUT2D eigenvalue weighted by molar-refractivity contribution is 5.85. The van der Waals surface area contributed by atoms with E-state index in [-0.39, 0.29) is 11.4 Å². The van der Waals surface area contributed by atoms with Crippen LogP contribution in [0.15, 0.2) is 12.2 Å². The Labute approximate surface area is 54.5 Å². The van der Waals surface area contributed by atoms with Crippen molar-refractivity contribution in [3.05, 3.63) is 12.2 Å². The number of carbonyl (C=O) groups is 1. The lowest BCUT2D eigenvalue weighted by atomic mass is 10.1. The number of ether oxygens (including phenoxy) is 1. The standard InChI is InChI=1S/C7H10O2/c1-3-9-6(8)7(2)4-5-7/h4-5H,3H2,1-2H3. The molecule has 1 aliphatic carbocycles. The van der Waals surface area contributed by atoms with Gasteiger partial charge in [0.05, 0.1) is 6.61 Å². The van der Waals surface area contributed by atoms with Gasteiger partial charge in [0, 0.05) is 0 Å². The molecule has 0 spiro atoms. The summed E-state index contributed by atoms with van der Waals surface area (Å²) in [6.07, 6.45) is 3.68. The molecular formula is C7H10O2. The van der Waals surface area contributed by atoms with Crippen molar-refractivity contribution in [3.63, 3.8) is 0 Å². The van der Waals surface area contributed by atoms with Crippen molar-refractivity contribution >= 4 is 5.97 Å². The van der Waals surface area contributed by atoms with E-state index >= 15 is 0 Å². The fraction of sp³-hybridized carbons (Fsp3) is 0.571. The second kappa shape index (κ2) is 1.87. The molecule has 0 amide bonds. The topological polar surface area (TPSA) is 26.3 Å². The summed E-state index contributed by atoms with van der Waals surface area (Å²) < 4.78 is 4.77. The Bertz CT molecular complexity index is 152. The normalized spacial score (nSPS) is 19.3. The highest BCUT2D eigenvalue weighted by atomic mass is 16.5. The van der Waals surface area contributed by atoms with Crippen molar-refractivity contribution in [3.8, 4) is 0 Å². The van der Waals surface area contributed by atoms with Crippen molar-refractivity contribution in [1.82, 2.24) is 0 Å². The predicted octanol–water partition coefficient (Wildman–Crippen LogP) is 1.13. The number of rotatable bonds is 2. The van der Waals surface area contributed by atoms with E-state index in [0.717, 1.165) is 0 Å². The second-order valence-electron chi connectivity index (χ2n) is 2.34. The van der Waals surface area contributed by atoms with Crippen molar-refractivity contribution in [2.24, 2.45) is 5.41 Å². The molecule has 0 unspecified atom stereocenters. The van der Waals surface area contributed by atoms with Gasteiger partial charge in [0.25, 0.3) is 0 Å². The predicted molar refractivity (Wildman–Crippen MR) is 33.9 cm³/mol. The molecule has 0 bridgehead atoms. The van der Waals surface area contributed by atoms with Crippen LogP contribution < -0.4 is 0 Å². The zero-order valence-corrected chi connectivity index (χ0v) is 5.68. The van der Waals surface area contributed by atoms with Gasteiger partial charge in [-0.25, -0.2) is 0 Å². The molecule has 1 rings (SSSR count). The third-order valence-electron chi connectivity index (χ3n) is 1.38. The Hall–Kier alpha value is -0.790. The molecule has 0 aromatic carbocycles. The molecule has 0 saturated heterocycles. The van der Waals surface area contributed by atoms with Gasteiger partial charge in [-0.15, -0.1) is 0 Å². The largest absolute Gasteiger partial charge is 0.465 e. The summed E-state index contributed by atoms with van der Waals surface area (Å²) in [6, 6.07) is 0. The van der Waals surface area contributed by atoms with E-state index in [2.05, 4.69) is 0 Å². The Balaban J connectivity index is 2.35. The van der Waals surface area contributed by atoms with Gasteiger partial charge < -0.3 is 4.74 Å². The maximum Gasteiger partial charge on any atom is 0.319 e. The highest BCUT2D eigenvalue weighted by Gasteiger charge is 2.37. The van der Waals surface area contributed by atoms with Crippen LogP contribution >= 0.6 is 0 Å². The summed E-state index contributed by atoms with van der Waals surface area (Å²) in [7, 11) is 0. The first kappa shape index (κ1) is 6.33. The summed E-state index contributed by atoms with van der Waals surface area (Å²) in [5.41, 5.74) is -0.351. The first-order chi connectivity index (χ1) is 4.19. The summed E-state index contributed by atoms with van der Waals surface area (Å²) in [5.74, 6) is -0.134. The average molecular weight is 126 g/mol. The van der Waals surface area contributed by atoms with E-state index in [1.54, 1.807) is 0 Å². The SMILES string of the molecule is CCOC(=O)C1(C)C=C1. The van der Waals surface area contributed by atoms with Crippen LogP contribution in [0.2, 0.25) is 0 Å². The lowest BCUT2D eigenvalue weighted by Crippen LogP contribution is -2.16. The number of carbonyl (C=O) groups excluding carboxylic acids is 1. The van der Waals surface area contributed by atoms with Crippen LogP contribution in [0.3, 0.4) is 0 Å². The average Bonchev–Trinajstić information content (AvgIpc) is 2.50. The Morgan fingerprint density at radius 1 is 1.67 bits per heavy atom. The van der Waals surface area contributed by atoms with Crippen LogP contribution in [0.1, 0.15) is 13.8 Å². The first-order valence-electron chi connectivity index (χ1n) is 3.06. The summed E-state index contributed by atoms with van der Waals surface area (Å²) in [4.78, 5) is 10.8. The molecule has 0 radical (unpaired) electrons. The smallest absolute Gasteiger partial charge is 0.319 e. The molecule has 2 nitrogen and oxygen atoms in total. The molecule has 0 aromatic rings. The molecule has 0 heterocycles. The van der Waals surface area contributed by atoms with E-state index < -0.39 is 0 Å². The van der Waals surface area contributed by atoms with Crippen molar-refractivity contribution in [2.45, 2.75) is 13.8 Å². The van der Waals surface area contributed by atoms with E-state index in [0.29, 0.717) is 6.61 Å². The quantitative estimate of drug-likeness (QED) is 0.409. The zero-order valence-electron chi connectivity index (χ0n) is 5.68. The zero-order chi connectivity index (χ0) is 6.91. The Kier molecular flexibility index (Phi) is 1.31. The van der Waals surface area contributed by atoms with Crippen molar-refractivity contribution in [1.29, 1.82) is 0 Å². The van der Waals surface area contributed by atoms with Crippen LogP contribution in [-0.2, 0) is 9.53 Å². The molecule has 0 N–H and O–H groups in total. The van der Waals surface area contributed by atoms with Gasteiger partial charge in [0.2, 0.25) is 0 Å². The maximum absolute atomic E-state index is 10.8. The van der Waals surface area contributed by atoms with E-state index in [1.807, 2.05) is 26.0 Å². The van der Waals surface area contributed by atoms with Crippen molar-refractivity contribution < 1.29 is 9.53 Å². The Morgan fingerprint density at radius 3 is 2.56 bits per heavy atom. The van der Waals surface area contributed by atoms with Gasteiger partial charge in [-0.3, -0.25) is 4.79 Å². The fourth-order valence-corrected chi connectivity index (χ4v) is 0.548. The first-order valence-corrected chi connectivity index (χ1v) is 3.06. The molecule has 50 valence electrons. The second-order valence-corrected chi connectivity index (χ2v) is 2.34. The molecule has 0 aromatic heterocycles.